The van der Waals surface area contributed by atoms with Crippen molar-refractivity contribution in [3.63, 3.8) is 0 Å². The summed E-state index contributed by atoms with van der Waals surface area (Å²) in [6.45, 7) is 0.170. The molecule has 11 heteroatoms. The third-order valence-corrected chi connectivity index (χ3v) is 4.12. The number of H-pyrrole nitrogens is 1. The number of aromatic amines is 1. The van der Waals surface area contributed by atoms with Crippen LogP contribution in [0.5, 0.6) is 0 Å². The maximum atomic E-state index is 11.9. The Morgan fingerprint density at radius 1 is 1.35 bits per heavy atom. The molecule has 1 aromatic rings. The van der Waals surface area contributed by atoms with E-state index >= 15 is 0 Å². The molecular weight excluding hydrogens is 348 g/mol. The number of nitrogens with zero attached hydrogens (tertiary/aromatic N) is 1. The zero-order chi connectivity index (χ0) is 19.3. The molecule has 1 aromatic heterocycles. The third kappa shape index (κ3) is 4.77. The van der Waals surface area contributed by atoms with Gasteiger partial charge in [-0.15, -0.1) is 0 Å². The first kappa shape index (κ1) is 20.3. The summed E-state index contributed by atoms with van der Waals surface area (Å²) in [7, 11) is 0. The first-order chi connectivity index (χ1) is 12.3. The fraction of sp³-hybridized carbons (Fsp3) is 0.667. The minimum Gasteiger partial charge on any atom is -0.462 e. The van der Waals surface area contributed by atoms with E-state index in [0.29, 0.717) is 19.4 Å². The quantitative estimate of drug-likeness (QED) is 0.237. The van der Waals surface area contributed by atoms with Crippen molar-refractivity contribution in [2.24, 2.45) is 11.5 Å². The van der Waals surface area contributed by atoms with Gasteiger partial charge in [-0.2, -0.15) is 0 Å². The van der Waals surface area contributed by atoms with Crippen molar-refractivity contribution in [2.75, 3.05) is 13.2 Å². The molecular formula is C15H24N4O7. The van der Waals surface area contributed by atoms with Crippen molar-refractivity contribution in [3.8, 4) is 0 Å². The Bertz CT molecular complexity index is 718. The highest BCUT2D eigenvalue weighted by Crippen LogP contribution is 2.28. The molecule has 1 fully saturated rings. The lowest BCUT2D eigenvalue weighted by Crippen LogP contribution is -2.38. The minimum absolute atomic E-state index is 0.337. The van der Waals surface area contributed by atoms with Crippen molar-refractivity contribution in [3.05, 3.63) is 33.1 Å². The monoisotopic (exact) mass is 372 g/mol. The molecule has 0 amide bonds. The van der Waals surface area contributed by atoms with Crippen LogP contribution >= 0.6 is 0 Å². The van der Waals surface area contributed by atoms with Gasteiger partial charge < -0.3 is 31.2 Å². The third-order valence-electron chi connectivity index (χ3n) is 4.12. The Hall–Kier alpha value is -2.05. The zero-order valence-corrected chi connectivity index (χ0v) is 14.1. The van der Waals surface area contributed by atoms with Gasteiger partial charge in [-0.25, -0.2) is 4.79 Å². The predicted molar refractivity (Wildman–Crippen MR) is 89.1 cm³/mol. The van der Waals surface area contributed by atoms with Gasteiger partial charge >= 0.3 is 11.7 Å². The molecule has 2 unspecified atom stereocenters. The molecule has 7 N–H and O–H groups in total. The van der Waals surface area contributed by atoms with Gasteiger partial charge in [0.2, 0.25) is 0 Å². The number of hydrogen-bond donors (Lipinski definition) is 5. The van der Waals surface area contributed by atoms with Crippen LogP contribution in [0.1, 0.15) is 25.5 Å². The van der Waals surface area contributed by atoms with Crippen LogP contribution in [0.25, 0.3) is 0 Å². The molecule has 2 rings (SSSR count). The van der Waals surface area contributed by atoms with Gasteiger partial charge in [0.05, 0.1) is 0 Å². The van der Waals surface area contributed by atoms with Crippen LogP contribution in [-0.2, 0) is 14.3 Å². The van der Waals surface area contributed by atoms with Crippen molar-refractivity contribution >= 4 is 5.97 Å². The van der Waals surface area contributed by atoms with E-state index in [4.69, 9.17) is 20.9 Å². The number of aromatic nitrogens is 2. The number of aliphatic hydroxyl groups is 2. The average Bonchev–Trinajstić information content (AvgIpc) is 2.88. The summed E-state index contributed by atoms with van der Waals surface area (Å²) < 4.78 is 11.4. The highest BCUT2D eigenvalue weighted by molar-refractivity contribution is 5.75. The lowest BCUT2D eigenvalue weighted by molar-refractivity contribution is -0.151. The van der Waals surface area contributed by atoms with Crippen LogP contribution in [0.2, 0.25) is 0 Å². The van der Waals surface area contributed by atoms with Crippen LogP contribution in [0.15, 0.2) is 21.9 Å². The number of nitrogens with one attached hydrogen (secondary N) is 1. The van der Waals surface area contributed by atoms with E-state index in [9.17, 15) is 24.6 Å². The lowest BCUT2D eigenvalue weighted by Gasteiger charge is -2.17. The SMILES string of the molecule is NCCCC[C@H](N)C(=O)OC[C@@H]1O[C@H](n2ccc(=O)[nH]c2=O)C(O)C1O. The molecule has 0 aromatic carbocycles. The summed E-state index contributed by atoms with van der Waals surface area (Å²) in [5, 5.41) is 20.1. The number of aliphatic hydroxyl groups excluding tert-OH is 2. The summed E-state index contributed by atoms with van der Waals surface area (Å²) in [4.78, 5) is 36.8. The van der Waals surface area contributed by atoms with Crippen LogP contribution in [-0.4, -0.2) is 63.2 Å². The lowest BCUT2D eigenvalue weighted by atomic mass is 10.1. The van der Waals surface area contributed by atoms with Crippen LogP contribution in [0, 0.1) is 0 Å². The molecule has 5 atom stereocenters. The van der Waals surface area contributed by atoms with E-state index in [2.05, 4.69) is 0 Å². The number of ether oxygens (including phenoxy) is 2. The van der Waals surface area contributed by atoms with Crippen molar-refractivity contribution < 1.29 is 24.5 Å². The highest BCUT2D eigenvalue weighted by atomic mass is 16.6. The van der Waals surface area contributed by atoms with Gasteiger partial charge in [0, 0.05) is 12.3 Å². The molecule has 0 aliphatic carbocycles. The summed E-state index contributed by atoms with van der Waals surface area (Å²) >= 11 is 0. The van der Waals surface area contributed by atoms with E-state index in [1.165, 1.54) is 0 Å². The molecule has 0 radical (unpaired) electrons. The first-order valence-electron chi connectivity index (χ1n) is 8.30. The number of hydrogen-bond acceptors (Lipinski definition) is 9. The zero-order valence-electron chi connectivity index (χ0n) is 14.1. The summed E-state index contributed by atoms with van der Waals surface area (Å²) in [5.74, 6) is -0.656. The summed E-state index contributed by atoms with van der Waals surface area (Å²) in [5.41, 5.74) is 9.68. The van der Waals surface area contributed by atoms with Crippen molar-refractivity contribution in [2.45, 2.75) is 49.8 Å². The smallest absolute Gasteiger partial charge is 0.330 e. The normalized spacial score (nSPS) is 26.6. The highest BCUT2D eigenvalue weighted by Gasteiger charge is 2.44. The van der Waals surface area contributed by atoms with Crippen molar-refractivity contribution in [1.29, 1.82) is 0 Å². The van der Waals surface area contributed by atoms with Gasteiger partial charge in [0.25, 0.3) is 5.56 Å². The van der Waals surface area contributed by atoms with Crippen LogP contribution in [0.3, 0.4) is 0 Å². The molecule has 1 aliphatic rings. The van der Waals surface area contributed by atoms with Gasteiger partial charge in [-0.1, -0.05) is 6.42 Å². The van der Waals surface area contributed by atoms with E-state index in [1.807, 2.05) is 4.98 Å². The second-order valence-electron chi connectivity index (χ2n) is 6.08. The minimum atomic E-state index is -1.44. The number of nitrogens with two attached hydrogens (primary N) is 2. The maximum absolute atomic E-state index is 11.9. The van der Waals surface area contributed by atoms with Gasteiger partial charge in [-0.05, 0) is 19.4 Å². The largest absolute Gasteiger partial charge is 0.462 e. The van der Waals surface area contributed by atoms with Gasteiger partial charge in [0.15, 0.2) is 6.23 Å². The van der Waals surface area contributed by atoms with E-state index in [0.717, 1.165) is 23.3 Å². The molecule has 146 valence electrons. The second kappa shape index (κ2) is 9.05. The second-order valence-corrected chi connectivity index (χ2v) is 6.08. The molecule has 0 saturated carbocycles. The Kier molecular flexibility index (Phi) is 7.06. The Morgan fingerprint density at radius 2 is 2.08 bits per heavy atom. The Labute approximate surface area is 148 Å². The number of carbonyl (C=O) groups excluding carboxylic acids is 1. The molecule has 11 nitrogen and oxygen atoms in total. The van der Waals surface area contributed by atoms with E-state index in [1.54, 1.807) is 0 Å². The van der Waals surface area contributed by atoms with Gasteiger partial charge in [0.1, 0.15) is 31.0 Å². The van der Waals surface area contributed by atoms with E-state index in [-0.39, 0.29) is 6.61 Å². The maximum Gasteiger partial charge on any atom is 0.330 e. The fourth-order valence-electron chi connectivity index (χ4n) is 2.62. The fourth-order valence-corrected chi connectivity index (χ4v) is 2.62. The average molecular weight is 372 g/mol. The molecule has 1 aliphatic heterocycles. The molecule has 0 bridgehead atoms. The molecule has 1 saturated heterocycles. The molecule has 0 spiro atoms. The predicted octanol–water partition coefficient (Wildman–Crippen LogP) is -2.84. The molecule has 2 heterocycles. The van der Waals surface area contributed by atoms with Crippen LogP contribution < -0.4 is 22.7 Å². The topological polar surface area (TPSA) is 183 Å². The number of carbonyl (C=O) groups is 1. The number of unbranched alkanes of at least 4 members (excludes halogenated alkanes) is 1. The first-order valence-corrected chi connectivity index (χ1v) is 8.30. The van der Waals surface area contributed by atoms with Gasteiger partial charge in [-0.3, -0.25) is 19.1 Å². The Balaban J connectivity index is 1.94. The number of esters is 1. The Morgan fingerprint density at radius 3 is 2.73 bits per heavy atom. The van der Waals surface area contributed by atoms with E-state index < -0.39 is 47.8 Å². The number of rotatable bonds is 8. The van der Waals surface area contributed by atoms with Crippen molar-refractivity contribution in [1.82, 2.24) is 9.55 Å². The van der Waals surface area contributed by atoms with Crippen LogP contribution in [0.4, 0.5) is 0 Å². The standard InChI is InChI=1S/C15H24N4O7/c16-5-2-1-3-8(17)14(23)25-7-9-11(21)12(22)13(26-9)19-6-4-10(20)18-15(19)24/h4,6,8-9,11-13,21-22H,1-3,5,7,16-17H2,(H,18,20,24)/t8-,9-,11?,12?,13-/m0/s1. The summed E-state index contributed by atoms with van der Waals surface area (Å²) in [6.07, 6.45) is -2.12. The summed E-state index contributed by atoms with van der Waals surface area (Å²) in [6, 6.07) is 0.264. The molecule has 26 heavy (non-hydrogen) atoms.